The lowest BCUT2D eigenvalue weighted by molar-refractivity contribution is 0.0762. The van der Waals surface area contributed by atoms with Crippen molar-refractivity contribution in [2.24, 2.45) is 11.5 Å². The second-order valence-electron chi connectivity index (χ2n) is 7.57. The molecule has 0 aromatic heterocycles. The fourth-order valence-electron chi connectivity index (χ4n) is 4.47. The van der Waals surface area contributed by atoms with E-state index in [1.165, 1.54) is 36.4 Å². The number of benzene rings is 3. The highest BCUT2D eigenvalue weighted by molar-refractivity contribution is 6.35. The second kappa shape index (κ2) is 5.89. The minimum atomic E-state index is -2.07. The van der Waals surface area contributed by atoms with Crippen LogP contribution in [0.15, 0.2) is 72.8 Å². The lowest BCUT2D eigenvalue weighted by Gasteiger charge is -2.30. The second-order valence-corrected chi connectivity index (χ2v) is 7.57. The molecule has 2 aliphatic rings. The van der Waals surface area contributed by atoms with E-state index in [1.807, 2.05) is 0 Å². The van der Waals surface area contributed by atoms with E-state index in [9.17, 15) is 19.2 Å². The number of ketones is 4. The summed E-state index contributed by atoms with van der Waals surface area (Å²) >= 11 is 0. The molecule has 3 aromatic rings. The molecule has 0 bridgehead atoms. The SMILES string of the molecule is NC1(c2ccccc2C2(N)C(=O)c3ccccc3C2=O)C(=O)c2ccccc2C1=O. The molecule has 6 nitrogen and oxygen atoms in total. The molecule has 0 heterocycles. The first-order valence-electron chi connectivity index (χ1n) is 9.38. The molecule has 3 aromatic carbocycles. The van der Waals surface area contributed by atoms with Gasteiger partial charge in [0.2, 0.25) is 0 Å². The van der Waals surface area contributed by atoms with Crippen molar-refractivity contribution in [2.45, 2.75) is 11.1 Å². The molecule has 0 saturated carbocycles. The van der Waals surface area contributed by atoms with Crippen molar-refractivity contribution in [2.75, 3.05) is 0 Å². The predicted octanol–water partition coefficient (Wildman–Crippen LogP) is 2.15. The number of nitrogens with two attached hydrogens (primary N) is 2. The number of hydrogen-bond donors (Lipinski definition) is 2. The van der Waals surface area contributed by atoms with Crippen molar-refractivity contribution in [3.63, 3.8) is 0 Å². The maximum atomic E-state index is 13.2. The first-order valence-corrected chi connectivity index (χ1v) is 9.38. The Morgan fingerprint density at radius 3 is 0.933 bits per heavy atom. The number of Topliss-reactive ketones (excluding diaryl/α,β-unsaturated/α-hetero) is 4. The predicted molar refractivity (Wildman–Crippen MR) is 108 cm³/mol. The Kier molecular flexibility index (Phi) is 3.59. The van der Waals surface area contributed by atoms with Gasteiger partial charge >= 0.3 is 0 Å². The zero-order chi connectivity index (χ0) is 21.3. The van der Waals surface area contributed by atoms with Crippen molar-refractivity contribution in [3.8, 4) is 0 Å². The van der Waals surface area contributed by atoms with Gasteiger partial charge in [0.15, 0.2) is 34.2 Å². The van der Waals surface area contributed by atoms with Crippen LogP contribution >= 0.6 is 0 Å². The number of rotatable bonds is 2. The maximum Gasteiger partial charge on any atom is 0.195 e. The van der Waals surface area contributed by atoms with Gasteiger partial charge in [0.05, 0.1) is 0 Å². The molecule has 30 heavy (non-hydrogen) atoms. The van der Waals surface area contributed by atoms with E-state index in [1.54, 1.807) is 36.4 Å². The molecule has 4 N–H and O–H groups in total. The Morgan fingerprint density at radius 1 is 0.433 bits per heavy atom. The molecule has 6 heteroatoms. The van der Waals surface area contributed by atoms with Crippen LogP contribution in [-0.4, -0.2) is 23.1 Å². The van der Waals surface area contributed by atoms with E-state index < -0.39 is 34.2 Å². The fraction of sp³-hybridized carbons (Fsp3) is 0.0833. The van der Waals surface area contributed by atoms with Crippen molar-refractivity contribution in [1.29, 1.82) is 0 Å². The smallest absolute Gasteiger partial charge is 0.195 e. The minimum Gasteiger partial charge on any atom is -0.308 e. The van der Waals surface area contributed by atoms with E-state index in [0.717, 1.165) is 0 Å². The normalized spacial score (nSPS) is 18.5. The largest absolute Gasteiger partial charge is 0.308 e. The molecule has 2 aliphatic carbocycles. The van der Waals surface area contributed by atoms with Crippen LogP contribution < -0.4 is 11.5 Å². The summed E-state index contributed by atoms with van der Waals surface area (Å²) in [6.45, 7) is 0. The molecule has 0 fully saturated rings. The van der Waals surface area contributed by atoms with Gasteiger partial charge in [-0.3, -0.25) is 19.2 Å². The van der Waals surface area contributed by atoms with Crippen molar-refractivity contribution in [3.05, 3.63) is 106 Å². The summed E-state index contributed by atoms with van der Waals surface area (Å²) < 4.78 is 0. The monoisotopic (exact) mass is 396 g/mol. The van der Waals surface area contributed by atoms with E-state index in [-0.39, 0.29) is 33.4 Å². The first-order chi connectivity index (χ1) is 14.3. The Labute approximate surface area is 171 Å². The van der Waals surface area contributed by atoms with Gasteiger partial charge in [-0.25, -0.2) is 0 Å². The van der Waals surface area contributed by atoms with Gasteiger partial charge in [-0.2, -0.15) is 0 Å². The third-order valence-corrected chi connectivity index (χ3v) is 6.04. The molecule has 0 saturated heterocycles. The molecule has 0 aliphatic heterocycles. The summed E-state index contributed by atoms with van der Waals surface area (Å²) in [6, 6.07) is 18.9. The van der Waals surface area contributed by atoms with Crippen LogP contribution in [0.4, 0.5) is 0 Å². The van der Waals surface area contributed by atoms with Gasteiger partial charge in [0, 0.05) is 22.3 Å². The maximum absolute atomic E-state index is 13.2. The average molecular weight is 396 g/mol. The highest BCUT2D eigenvalue weighted by Gasteiger charge is 2.57. The van der Waals surface area contributed by atoms with Crippen molar-refractivity contribution in [1.82, 2.24) is 0 Å². The van der Waals surface area contributed by atoms with Crippen LogP contribution in [-0.2, 0) is 11.1 Å². The Hall–Kier alpha value is -3.74. The van der Waals surface area contributed by atoms with Gasteiger partial charge in [-0.1, -0.05) is 72.8 Å². The van der Waals surface area contributed by atoms with E-state index in [0.29, 0.717) is 0 Å². The number of carbonyl (C=O) groups is 4. The molecular formula is C24H16N2O4. The highest BCUT2D eigenvalue weighted by Crippen LogP contribution is 2.43. The molecule has 0 amide bonds. The van der Waals surface area contributed by atoms with Crippen LogP contribution in [0, 0.1) is 0 Å². The molecule has 5 rings (SSSR count). The van der Waals surface area contributed by atoms with Crippen molar-refractivity contribution >= 4 is 23.1 Å². The van der Waals surface area contributed by atoms with Crippen LogP contribution in [0.2, 0.25) is 0 Å². The third kappa shape index (κ3) is 1.99. The van der Waals surface area contributed by atoms with Crippen LogP contribution in [0.1, 0.15) is 52.6 Å². The highest BCUT2D eigenvalue weighted by atomic mass is 16.2. The van der Waals surface area contributed by atoms with E-state index >= 15 is 0 Å². The first kappa shape index (κ1) is 18.3. The number of carbonyl (C=O) groups excluding carboxylic acids is 4. The Morgan fingerprint density at radius 2 is 0.667 bits per heavy atom. The zero-order valence-electron chi connectivity index (χ0n) is 15.7. The quantitative estimate of drug-likeness (QED) is 0.641. The average Bonchev–Trinajstić information content (AvgIpc) is 3.11. The summed E-state index contributed by atoms with van der Waals surface area (Å²) in [7, 11) is 0. The Balaban J connectivity index is 1.75. The number of hydrogen-bond acceptors (Lipinski definition) is 6. The van der Waals surface area contributed by atoms with Gasteiger partial charge in [0.1, 0.15) is 0 Å². The standard InChI is InChI=1S/C24H16N2O4/c25-23(19(27)13-7-1-2-8-14(13)20(23)28)17-11-5-6-12-18(17)24(26)21(29)15-9-3-4-10-16(15)22(24)30/h1-12H,25-26H2. The topological polar surface area (TPSA) is 120 Å². The Bertz CT molecular complexity index is 1140. The van der Waals surface area contributed by atoms with Gasteiger partial charge < -0.3 is 11.5 Å². The molecule has 0 unspecified atom stereocenters. The molecule has 0 atom stereocenters. The van der Waals surface area contributed by atoms with Crippen molar-refractivity contribution < 1.29 is 19.2 Å². The van der Waals surface area contributed by atoms with Crippen LogP contribution in [0.3, 0.4) is 0 Å². The summed E-state index contributed by atoms with van der Waals surface area (Å²) in [5.74, 6) is -2.35. The lowest BCUT2D eigenvalue weighted by Crippen LogP contribution is -2.53. The van der Waals surface area contributed by atoms with Gasteiger partial charge in [-0.15, -0.1) is 0 Å². The third-order valence-electron chi connectivity index (χ3n) is 6.04. The summed E-state index contributed by atoms with van der Waals surface area (Å²) in [4.78, 5) is 52.9. The fourth-order valence-corrected chi connectivity index (χ4v) is 4.47. The van der Waals surface area contributed by atoms with Gasteiger partial charge in [0.25, 0.3) is 0 Å². The van der Waals surface area contributed by atoms with Gasteiger partial charge in [-0.05, 0) is 11.1 Å². The van der Waals surface area contributed by atoms with E-state index in [2.05, 4.69) is 0 Å². The van der Waals surface area contributed by atoms with Crippen LogP contribution in [0.25, 0.3) is 0 Å². The minimum absolute atomic E-state index is 0.0632. The zero-order valence-corrected chi connectivity index (χ0v) is 15.7. The molecule has 0 spiro atoms. The van der Waals surface area contributed by atoms with E-state index in [4.69, 9.17) is 11.5 Å². The van der Waals surface area contributed by atoms with Crippen LogP contribution in [0.5, 0.6) is 0 Å². The summed E-state index contributed by atoms with van der Waals surface area (Å²) in [6.07, 6.45) is 0. The molecular weight excluding hydrogens is 380 g/mol. The number of fused-ring (bicyclic) bond motifs is 2. The molecule has 146 valence electrons. The molecule has 0 radical (unpaired) electrons. The summed E-state index contributed by atoms with van der Waals surface area (Å²) in [5.41, 5.74) is 9.75. The lowest BCUT2D eigenvalue weighted by atomic mass is 9.75. The summed E-state index contributed by atoms with van der Waals surface area (Å²) in [5, 5.41) is 0.